The van der Waals surface area contributed by atoms with Crippen LogP contribution in [0.2, 0.25) is 0 Å². The number of nitrogens with two attached hydrogens (primary N) is 1. The number of amides is 1. The van der Waals surface area contributed by atoms with Gasteiger partial charge in [0.25, 0.3) is 0 Å². The summed E-state index contributed by atoms with van der Waals surface area (Å²) < 4.78 is 10.7. The van der Waals surface area contributed by atoms with Crippen molar-refractivity contribution in [1.82, 2.24) is 9.88 Å². The van der Waals surface area contributed by atoms with E-state index in [1.165, 1.54) is 0 Å². The van der Waals surface area contributed by atoms with Crippen molar-refractivity contribution in [2.45, 2.75) is 38.7 Å². The van der Waals surface area contributed by atoms with Gasteiger partial charge in [-0.2, -0.15) is 4.98 Å². The van der Waals surface area contributed by atoms with Crippen LogP contribution in [0.1, 0.15) is 38.7 Å². The van der Waals surface area contributed by atoms with Gasteiger partial charge in [0, 0.05) is 24.6 Å². The third kappa shape index (κ3) is 3.77. The normalized spacial score (nSPS) is 18.7. The molecule has 0 aromatic carbocycles. The first kappa shape index (κ1) is 15.4. The fraction of sp³-hybridized carbons (Fsp3) is 0.600. The number of pyridine rings is 1. The van der Waals surface area contributed by atoms with Crippen molar-refractivity contribution < 1.29 is 14.3 Å². The van der Waals surface area contributed by atoms with Crippen LogP contribution in [-0.2, 0) is 4.74 Å². The lowest BCUT2D eigenvalue weighted by atomic mass is 9.99. The quantitative estimate of drug-likeness (QED) is 0.906. The molecule has 1 aliphatic rings. The minimum atomic E-state index is -0.477. The average Bonchev–Trinajstić information content (AvgIpc) is 2.86. The number of hydrogen-bond donors (Lipinski definition) is 1. The molecule has 0 bridgehead atoms. The van der Waals surface area contributed by atoms with Crippen molar-refractivity contribution in [3.05, 3.63) is 17.7 Å². The van der Waals surface area contributed by atoms with E-state index in [-0.39, 0.29) is 12.0 Å². The number of carbonyl (C=O) groups excluding carboxylic acids is 1. The summed E-state index contributed by atoms with van der Waals surface area (Å²) in [5.41, 5.74) is 6.18. The second-order valence-corrected chi connectivity index (χ2v) is 6.25. The molecule has 116 valence electrons. The molecule has 2 rings (SSSR count). The Bertz CT molecular complexity index is 525. The maximum absolute atomic E-state index is 12.1. The molecule has 2 heterocycles. The largest absolute Gasteiger partial charge is 0.481 e. The summed E-state index contributed by atoms with van der Waals surface area (Å²) in [5.74, 6) is 1.16. The number of hydrogen-bond acceptors (Lipinski definition) is 5. The third-order valence-corrected chi connectivity index (χ3v) is 3.38. The summed E-state index contributed by atoms with van der Waals surface area (Å²) in [6.45, 7) is 6.88. The zero-order valence-electron chi connectivity index (χ0n) is 13.0. The number of anilines is 1. The van der Waals surface area contributed by atoms with Crippen molar-refractivity contribution in [1.29, 1.82) is 0 Å². The lowest BCUT2D eigenvalue weighted by Gasteiger charge is -2.24. The molecule has 6 heteroatoms. The minimum absolute atomic E-state index is 0.195. The van der Waals surface area contributed by atoms with Gasteiger partial charge in [0.05, 0.1) is 7.11 Å². The van der Waals surface area contributed by atoms with Crippen LogP contribution in [0.15, 0.2) is 12.1 Å². The second-order valence-electron chi connectivity index (χ2n) is 6.25. The number of nitrogen functional groups attached to an aromatic ring is 1. The van der Waals surface area contributed by atoms with Crippen molar-refractivity contribution in [3.63, 3.8) is 0 Å². The van der Waals surface area contributed by atoms with Crippen molar-refractivity contribution in [2.75, 3.05) is 25.9 Å². The highest BCUT2D eigenvalue weighted by Crippen LogP contribution is 2.33. The van der Waals surface area contributed by atoms with Gasteiger partial charge in [0.1, 0.15) is 11.4 Å². The average molecular weight is 293 g/mol. The highest BCUT2D eigenvalue weighted by atomic mass is 16.6. The first-order valence-electron chi connectivity index (χ1n) is 7.08. The predicted octanol–water partition coefficient (Wildman–Crippen LogP) is 2.40. The first-order valence-corrected chi connectivity index (χ1v) is 7.08. The molecule has 1 aromatic rings. The van der Waals surface area contributed by atoms with E-state index in [9.17, 15) is 4.79 Å². The maximum atomic E-state index is 12.1. The van der Waals surface area contributed by atoms with Crippen LogP contribution in [0.5, 0.6) is 5.88 Å². The monoisotopic (exact) mass is 293 g/mol. The summed E-state index contributed by atoms with van der Waals surface area (Å²) in [5, 5.41) is 0. The molecule has 1 saturated heterocycles. The summed E-state index contributed by atoms with van der Waals surface area (Å²) in [7, 11) is 1.58. The van der Waals surface area contributed by atoms with E-state index in [0.29, 0.717) is 24.8 Å². The van der Waals surface area contributed by atoms with E-state index < -0.39 is 5.60 Å². The number of likely N-dealkylation sites (tertiary alicyclic amines) is 1. The van der Waals surface area contributed by atoms with Crippen molar-refractivity contribution in [3.8, 4) is 5.88 Å². The Kier molecular flexibility index (Phi) is 4.25. The van der Waals surface area contributed by atoms with Gasteiger partial charge in [-0.1, -0.05) is 0 Å². The Balaban J connectivity index is 2.07. The van der Waals surface area contributed by atoms with Crippen LogP contribution >= 0.6 is 0 Å². The van der Waals surface area contributed by atoms with Gasteiger partial charge in [-0.3, -0.25) is 0 Å². The molecule has 1 aliphatic heterocycles. The van der Waals surface area contributed by atoms with Gasteiger partial charge in [0.15, 0.2) is 0 Å². The maximum Gasteiger partial charge on any atom is 0.410 e. The Morgan fingerprint density at radius 3 is 2.76 bits per heavy atom. The van der Waals surface area contributed by atoms with Crippen LogP contribution in [-0.4, -0.2) is 41.8 Å². The summed E-state index contributed by atoms with van der Waals surface area (Å²) in [4.78, 5) is 18.0. The molecule has 21 heavy (non-hydrogen) atoms. The Hall–Kier alpha value is -1.98. The van der Waals surface area contributed by atoms with E-state index in [2.05, 4.69) is 4.98 Å². The zero-order chi connectivity index (χ0) is 15.6. The number of rotatable bonds is 2. The van der Waals surface area contributed by atoms with Crippen LogP contribution in [0.3, 0.4) is 0 Å². The van der Waals surface area contributed by atoms with Crippen LogP contribution in [0, 0.1) is 0 Å². The molecule has 1 amide bonds. The number of ether oxygens (including phenoxy) is 2. The lowest BCUT2D eigenvalue weighted by molar-refractivity contribution is 0.0292. The highest BCUT2D eigenvalue weighted by Gasteiger charge is 2.32. The highest BCUT2D eigenvalue weighted by molar-refractivity contribution is 5.68. The van der Waals surface area contributed by atoms with E-state index in [1.54, 1.807) is 18.1 Å². The predicted molar refractivity (Wildman–Crippen MR) is 80.4 cm³/mol. The second kappa shape index (κ2) is 5.79. The molecule has 1 aromatic heterocycles. The van der Waals surface area contributed by atoms with Crippen LogP contribution in [0.25, 0.3) is 0 Å². The number of aromatic nitrogens is 1. The Morgan fingerprint density at radius 1 is 1.43 bits per heavy atom. The molecule has 0 spiro atoms. The molecular weight excluding hydrogens is 270 g/mol. The summed E-state index contributed by atoms with van der Waals surface area (Å²) in [6.07, 6.45) is 0.591. The molecule has 6 nitrogen and oxygen atoms in total. The molecule has 0 aliphatic carbocycles. The fourth-order valence-electron chi connectivity index (χ4n) is 2.45. The summed E-state index contributed by atoms with van der Waals surface area (Å²) in [6, 6.07) is 3.68. The van der Waals surface area contributed by atoms with E-state index in [1.807, 2.05) is 26.8 Å². The molecule has 1 unspecified atom stereocenters. The molecule has 0 radical (unpaired) electrons. The van der Waals surface area contributed by atoms with Gasteiger partial charge in [0.2, 0.25) is 5.88 Å². The van der Waals surface area contributed by atoms with E-state index >= 15 is 0 Å². The van der Waals surface area contributed by atoms with Gasteiger partial charge < -0.3 is 20.1 Å². The molecular formula is C15H23N3O3. The molecule has 1 fully saturated rings. The Morgan fingerprint density at radius 2 is 2.14 bits per heavy atom. The van der Waals surface area contributed by atoms with E-state index in [0.717, 1.165) is 12.0 Å². The van der Waals surface area contributed by atoms with Crippen LogP contribution in [0.4, 0.5) is 10.6 Å². The fourth-order valence-corrected chi connectivity index (χ4v) is 2.45. The van der Waals surface area contributed by atoms with Gasteiger partial charge >= 0.3 is 6.09 Å². The number of carbonyl (C=O) groups is 1. The Labute approximate surface area is 125 Å². The topological polar surface area (TPSA) is 77.7 Å². The van der Waals surface area contributed by atoms with Gasteiger partial charge in [-0.05, 0) is 39.3 Å². The van der Waals surface area contributed by atoms with Crippen molar-refractivity contribution in [2.24, 2.45) is 0 Å². The van der Waals surface area contributed by atoms with Crippen molar-refractivity contribution >= 4 is 11.9 Å². The number of nitrogens with zero attached hydrogens (tertiary/aromatic N) is 2. The first-order chi connectivity index (χ1) is 9.80. The summed E-state index contributed by atoms with van der Waals surface area (Å²) >= 11 is 0. The lowest BCUT2D eigenvalue weighted by Crippen LogP contribution is -2.35. The van der Waals surface area contributed by atoms with Gasteiger partial charge in [-0.25, -0.2) is 4.79 Å². The molecule has 0 saturated carbocycles. The van der Waals surface area contributed by atoms with Gasteiger partial charge in [-0.15, -0.1) is 0 Å². The molecule has 2 N–H and O–H groups in total. The van der Waals surface area contributed by atoms with E-state index in [4.69, 9.17) is 15.2 Å². The third-order valence-electron chi connectivity index (χ3n) is 3.38. The minimum Gasteiger partial charge on any atom is -0.481 e. The SMILES string of the molecule is COc1nc(N)ccc1C1CCN(C(=O)OC(C)(C)C)C1. The zero-order valence-corrected chi connectivity index (χ0v) is 13.0. The smallest absolute Gasteiger partial charge is 0.410 e. The standard InChI is InChI=1S/C15H23N3O3/c1-15(2,3)21-14(19)18-8-7-10(9-18)11-5-6-12(16)17-13(11)20-4/h5-6,10H,7-9H2,1-4H3,(H2,16,17). The number of methoxy groups -OCH3 is 1. The van der Waals surface area contributed by atoms with Crippen LogP contribution < -0.4 is 10.5 Å². The molecule has 1 atom stereocenters.